The molecule has 2 aromatic rings. The van der Waals surface area contributed by atoms with Crippen molar-refractivity contribution in [1.29, 1.82) is 0 Å². The van der Waals surface area contributed by atoms with Gasteiger partial charge in [-0.2, -0.15) is 5.10 Å². The van der Waals surface area contributed by atoms with E-state index in [0.29, 0.717) is 38.4 Å². The summed E-state index contributed by atoms with van der Waals surface area (Å²) in [5.41, 5.74) is 0.385. The number of rotatable bonds is 7. The maximum absolute atomic E-state index is 12.6. The maximum Gasteiger partial charge on any atom is 0.274 e. The van der Waals surface area contributed by atoms with E-state index in [1.165, 1.54) is 6.26 Å². The summed E-state index contributed by atoms with van der Waals surface area (Å²) in [6.07, 6.45) is 2.96. The largest absolute Gasteiger partial charge is 0.471 e. The third kappa shape index (κ3) is 5.80. The zero-order chi connectivity index (χ0) is 19.3. The summed E-state index contributed by atoms with van der Waals surface area (Å²) in [6.45, 7) is 3.20. The minimum absolute atomic E-state index is 0.115. The van der Waals surface area contributed by atoms with Gasteiger partial charge in [-0.15, -0.1) is 0 Å². The molecular weight excluding hydrogens is 368 g/mol. The smallest absolute Gasteiger partial charge is 0.274 e. The number of amides is 1. The van der Waals surface area contributed by atoms with Crippen LogP contribution in [-0.2, 0) is 16.6 Å². The van der Waals surface area contributed by atoms with Gasteiger partial charge in [0.1, 0.15) is 15.6 Å². The van der Waals surface area contributed by atoms with Gasteiger partial charge in [0, 0.05) is 45.2 Å². The molecule has 3 rings (SSSR count). The molecule has 0 atom stereocenters. The predicted molar refractivity (Wildman–Crippen MR) is 101 cm³/mol. The quantitative estimate of drug-likeness (QED) is 0.690. The first-order chi connectivity index (χ1) is 12.9. The first-order valence-corrected chi connectivity index (χ1v) is 10.9. The highest BCUT2D eigenvalue weighted by molar-refractivity contribution is 7.90. The van der Waals surface area contributed by atoms with Gasteiger partial charge < -0.3 is 9.64 Å². The van der Waals surface area contributed by atoms with E-state index < -0.39 is 9.84 Å². The zero-order valence-corrected chi connectivity index (χ0v) is 16.1. The lowest BCUT2D eigenvalue weighted by molar-refractivity contribution is 0.0636. The van der Waals surface area contributed by atoms with Gasteiger partial charge in [-0.05, 0) is 18.2 Å². The first kappa shape index (κ1) is 19.4. The molecule has 0 bridgehead atoms. The molecule has 0 spiro atoms. The molecule has 0 radical (unpaired) electrons. The Morgan fingerprint density at radius 3 is 2.48 bits per heavy atom. The van der Waals surface area contributed by atoms with Crippen molar-refractivity contribution in [3.05, 3.63) is 48.3 Å². The molecule has 8 nitrogen and oxygen atoms in total. The molecule has 0 unspecified atom stereocenters. The molecule has 1 aliphatic rings. The van der Waals surface area contributed by atoms with E-state index in [-0.39, 0.29) is 18.4 Å². The monoisotopic (exact) mass is 392 g/mol. The van der Waals surface area contributed by atoms with Crippen LogP contribution in [0.2, 0.25) is 0 Å². The molecule has 0 saturated carbocycles. The molecule has 1 aromatic carbocycles. The fraction of sp³-hybridized carbons (Fsp3) is 0.444. The normalized spacial score (nSPS) is 15.7. The minimum Gasteiger partial charge on any atom is -0.471 e. The van der Waals surface area contributed by atoms with Crippen LogP contribution in [0, 0.1) is 0 Å². The number of nitrogens with zero attached hydrogens (tertiary/aromatic N) is 4. The Morgan fingerprint density at radius 2 is 1.81 bits per heavy atom. The van der Waals surface area contributed by atoms with Gasteiger partial charge in [-0.3, -0.25) is 9.69 Å². The van der Waals surface area contributed by atoms with E-state index in [9.17, 15) is 13.2 Å². The second-order valence-corrected chi connectivity index (χ2v) is 8.85. The third-order valence-electron chi connectivity index (χ3n) is 4.40. The van der Waals surface area contributed by atoms with Crippen molar-refractivity contribution in [2.45, 2.75) is 6.73 Å². The van der Waals surface area contributed by atoms with Gasteiger partial charge >= 0.3 is 0 Å². The molecule has 1 amide bonds. The van der Waals surface area contributed by atoms with E-state index in [1.54, 1.807) is 21.8 Å². The lowest BCUT2D eigenvalue weighted by Gasteiger charge is -2.34. The average Bonchev–Trinajstić information content (AvgIpc) is 3.14. The van der Waals surface area contributed by atoms with Crippen LogP contribution in [-0.4, -0.2) is 78.6 Å². The molecule has 0 N–H and O–H groups in total. The Labute approximate surface area is 159 Å². The number of hydrogen-bond donors (Lipinski definition) is 0. The number of aromatic nitrogens is 2. The van der Waals surface area contributed by atoms with Crippen LogP contribution in [0.15, 0.2) is 42.6 Å². The number of benzene rings is 1. The molecule has 1 saturated heterocycles. The number of hydrogen-bond acceptors (Lipinski definition) is 6. The summed E-state index contributed by atoms with van der Waals surface area (Å²) in [5, 5.41) is 4.30. The topological polar surface area (TPSA) is 84.7 Å². The van der Waals surface area contributed by atoms with Crippen LogP contribution in [0.1, 0.15) is 10.5 Å². The van der Waals surface area contributed by atoms with Crippen molar-refractivity contribution < 1.29 is 17.9 Å². The van der Waals surface area contributed by atoms with Crippen molar-refractivity contribution in [3.8, 4) is 5.75 Å². The Kier molecular flexibility index (Phi) is 6.12. The lowest BCUT2D eigenvalue weighted by Crippen LogP contribution is -2.49. The van der Waals surface area contributed by atoms with Gasteiger partial charge in [-0.1, -0.05) is 18.2 Å². The van der Waals surface area contributed by atoms with Crippen LogP contribution in [0.5, 0.6) is 5.75 Å². The van der Waals surface area contributed by atoms with E-state index in [2.05, 4.69) is 10.00 Å². The highest BCUT2D eigenvalue weighted by Gasteiger charge is 2.24. The van der Waals surface area contributed by atoms with Crippen molar-refractivity contribution in [3.63, 3.8) is 0 Å². The summed E-state index contributed by atoms with van der Waals surface area (Å²) in [7, 11) is -2.97. The van der Waals surface area contributed by atoms with Crippen molar-refractivity contribution in [2.24, 2.45) is 0 Å². The standard InChI is InChI=1S/C18H24N4O4S/c1-27(24,25)14-13-20-9-11-21(12-10-20)18(23)17-7-8-22(19-17)15-26-16-5-3-2-4-6-16/h2-8H,9-15H2,1H3. The summed E-state index contributed by atoms with van der Waals surface area (Å²) in [4.78, 5) is 16.4. The van der Waals surface area contributed by atoms with Crippen LogP contribution in [0.25, 0.3) is 0 Å². The second-order valence-electron chi connectivity index (χ2n) is 6.59. The number of piperazine rings is 1. The molecule has 1 fully saturated rings. The maximum atomic E-state index is 12.6. The Morgan fingerprint density at radius 1 is 1.11 bits per heavy atom. The summed E-state index contributed by atoms with van der Waals surface area (Å²) in [6, 6.07) is 11.1. The summed E-state index contributed by atoms with van der Waals surface area (Å²) >= 11 is 0. The molecule has 27 heavy (non-hydrogen) atoms. The Hall–Kier alpha value is -2.39. The summed E-state index contributed by atoms with van der Waals surface area (Å²) < 4.78 is 29.7. The molecule has 2 heterocycles. The number of ether oxygens (including phenoxy) is 1. The molecule has 9 heteroatoms. The summed E-state index contributed by atoms with van der Waals surface area (Å²) in [5.74, 6) is 0.773. The fourth-order valence-corrected chi connectivity index (χ4v) is 3.43. The van der Waals surface area contributed by atoms with Crippen molar-refractivity contribution >= 4 is 15.7 Å². The number of carbonyl (C=O) groups excluding carboxylic acids is 1. The van der Waals surface area contributed by atoms with Gasteiger partial charge in [0.25, 0.3) is 5.91 Å². The number of sulfone groups is 1. The number of carbonyl (C=O) groups is 1. The zero-order valence-electron chi connectivity index (χ0n) is 15.3. The van der Waals surface area contributed by atoms with E-state index in [0.717, 1.165) is 5.75 Å². The van der Waals surface area contributed by atoms with Gasteiger partial charge in [0.2, 0.25) is 0 Å². The number of para-hydroxylation sites is 1. The Bertz CT molecular complexity index is 858. The fourth-order valence-electron chi connectivity index (χ4n) is 2.84. The van der Waals surface area contributed by atoms with Crippen LogP contribution >= 0.6 is 0 Å². The molecule has 146 valence electrons. The van der Waals surface area contributed by atoms with Crippen molar-refractivity contribution in [2.75, 3.05) is 44.7 Å². The highest BCUT2D eigenvalue weighted by atomic mass is 32.2. The molecule has 0 aliphatic carbocycles. The SMILES string of the molecule is CS(=O)(=O)CCN1CCN(C(=O)c2ccn(COc3ccccc3)n2)CC1. The molecule has 1 aromatic heterocycles. The average molecular weight is 392 g/mol. The van der Waals surface area contributed by atoms with Crippen LogP contribution in [0.4, 0.5) is 0 Å². The first-order valence-electron chi connectivity index (χ1n) is 8.81. The van der Waals surface area contributed by atoms with Crippen molar-refractivity contribution in [1.82, 2.24) is 19.6 Å². The van der Waals surface area contributed by atoms with Gasteiger partial charge in [0.05, 0.1) is 5.75 Å². The minimum atomic E-state index is -2.97. The molecule has 1 aliphatic heterocycles. The van der Waals surface area contributed by atoms with Gasteiger partial charge in [-0.25, -0.2) is 13.1 Å². The third-order valence-corrected chi connectivity index (χ3v) is 5.33. The van der Waals surface area contributed by atoms with Crippen LogP contribution < -0.4 is 4.74 Å². The van der Waals surface area contributed by atoms with Gasteiger partial charge in [0.15, 0.2) is 12.4 Å². The lowest BCUT2D eigenvalue weighted by atomic mass is 10.3. The Balaban J connectivity index is 1.48. The van der Waals surface area contributed by atoms with E-state index >= 15 is 0 Å². The van der Waals surface area contributed by atoms with Crippen LogP contribution in [0.3, 0.4) is 0 Å². The van der Waals surface area contributed by atoms with E-state index in [1.807, 2.05) is 30.3 Å². The highest BCUT2D eigenvalue weighted by Crippen LogP contribution is 2.10. The van der Waals surface area contributed by atoms with E-state index in [4.69, 9.17) is 4.74 Å². The molecular formula is C18H24N4O4S. The predicted octanol–water partition coefficient (Wildman–Crippen LogP) is 0.722. The second kappa shape index (κ2) is 8.53.